The highest BCUT2D eigenvalue weighted by atomic mass is 16.6. The van der Waals surface area contributed by atoms with Gasteiger partial charge in [-0.1, -0.05) is 30.3 Å². The second-order valence-corrected chi connectivity index (χ2v) is 6.48. The maximum absolute atomic E-state index is 12.4. The van der Waals surface area contributed by atoms with E-state index in [1.54, 1.807) is 32.9 Å². The van der Waals surface area contributed by atoms with Gasteiger partial charge in [0.2, 0.25) is 0 Å². The number of nitrogens with zero attached hydrogens (tertiary/aromatic N) is 1. The van der Waals surface area contributed by atoms with Crippen molar-refractivity contribution in [3.63, 3.8) is 0 Å². The molecule has 25 heavy (non-hydrogen) atoms. The first-order valence-electron chi connectivity index (χ1n) is 7.87. The largest absolute Gasteiger partial charge is 0.469 e. The van der Waals surface area contributed by atoms with Crippen molar-refractivity contribution in [1.82, 2.24) is 4.90 Å². The number of ether oxygens (including phenoxy) is 3. The van der Waals surface area contributed by atoms with Crippen LogP contribution < -0.4 is 0 Å². The minimum atomic E-state index is -1.13. The summed E-state index contributed by atoms with van der Waals surface area (Å²) in [5, 5.41) is 0. The number of amides is 1. The van der Waals surface area contributed by atoms with Gasteiger partial charge in [0.05, 0.1) is 13.5 Å². The van der Waals surface area contributed by atoms with E-state index in [0.29, 0.717) is 0 Å². The number of carbonyl (C=O) groups is 3. The molecule has 0 aliphatic rings. The molecule has 0 aromatic heterocycles. The van der Waals surface area contributed by atoms with E-state index in [4.69, 9.17) is 9.47 Å². The molecule has 1 amide bonds. The van der Waals surface area contributed by atoms with Crippen molar-refractivity contribution in [3.8, 4) is 0 Å². The first-order valence-corrected chi connectivity index (χ1v) is 7.87. The molecular weight excluding hydrogens is 326 g/mol. The number of hydrogen-bond donors (Lipinski definition) is 0. The van der Waals surface area contributed by atoms with Crippen molar-refractivity contribution in [2.24, 2.45) is 0 Å². The van der Waals surface area contributed by atoms with Crippen molar-refractivity contribution in [1.29, 1.82) is 0 Å². The van der Waals surface area contributed by atoms with Gasteiger partial charge in [-0.2, -0.15) is 0 Å². The van der Waals surface area contributed by atoms with Gasteiger partial charge in [-0.15, -0.1) is 0 Å². The van der Waals surface area contributed by atoms with Crippen LogP contribution in [0.25, 0.3) is 0 Å². The van der Waals surface area contributed by atoms with Crippen LogP contribution in [0.5, 0.6) is 0 Å². The second kappa shape index (κ2) is 9.05. The Morgan fingerprint density at radius 2 is 1.72 bits per heavy atom. The average molecular weight is 351 g/mol. The molecule has 0 radical (unpaired) electrons. The fourth-order valence-electron chi connectivity index (χ4n) is 1.91. The molecule has 1 aromatic carbocycles. The Labute approximate surface area is 147 Å². The summed E-state index contributed by atoms with van der Waals surface area (Å²) in [7, 11) is 2.59. The molecule has 0 aliphatic carbocycles. The highest BCUT2D eigenvalue weighted by molar-refractivity contribution is 5.86. The fraction of sp³-hybridized carbons (Fsp3) is 0.500. The molecule has 0 unspecified atom stereocenters. The Hall–Kier alpha value is -2.57. The Bertz CT molecular complexity index is 593. The van der Waals surface area contributed by atoms with Crippen molar-refractivity contribution in [2.75, 3.05) is 14.2 Å². The SMILES string of the molecule is COC(=O)C[C@H](C(=O)OCc1ccccc1)N(C)C(=O)OC(C)(C)C. The van der Waals surface area contributed by atoms with Gasteiger partial charge in [0.15, 0.2) is 0 Å². The third-order valence-corrected chi connectivity index (χ3v) is 3.23. The molecule has 138 valence electrons. The molecular formula is C18H25NO6. The third kappa shape index (κ3) is 7.24. The summed E-state index contributed by atoms with van der Waals surface area (Å²) in [6.45, 7) is 5.17. The van der Waals surface area contributed by atoms with Gasteiger partial charge in [0, 0.05) is 7.05 Å². The lowest BCUT2D eigenvalue weighted by atomic mass is 10.2. The van der Waals surface area contributed by atoms with Crippen LogP contribution in [0.2, 0.25) is 0 Å². The summed E-state index contributed by atoms with van der Waals surface area (Å²) < 4.78 is 15.1. The van der Waals surface area contributed by atoms with Crippen molar-refractivity contribution in [3.05, 3.63) is 35.9 Å². The number of esters is 2. The first-order chi connectivity index (χ1) is 11.6. The summed E-state index contributed by atoms with van der Waals surface area (Å²) in [6, 6.07) is 7.97. The van der Waals surface area contributed by atoms with Crippen LogP contribution in [0.3, 0.4) is 0 Å². The van der Waals surface area contributed by atoms with Gasteiger partial charge in [-0.3, -0.25) is 9.69 Å². The maximum atomic E-state index is 12.4. The molecule has 0 fully saturated rings. The molecule has 0 saturated carbocycles. The van der Waals surface area contributed by atoms with Crippen LogP contribution in [-0.2, 0) is 30.4 Å². The van der Waals surface area contributed by atoms with Crippen LogP contribution >= 0.6 is 0 Å². The van der Waals surface area contributed by atoms with Gasteiger partial charge >= 0.3 is 18.0 Å². The summed E-state index contributed by atoms with van der Waals surface area (Å²) in [5.74, 6) is -1.33. The number of likely N-dealkylation sites (N-methyl/N-ethyl adjacent to an activating group) is 1. The Morgan fingerprint density at radius 3 is 2.24 bits per heavy atom. The highest BCUT2D eigenvalue weighted by Gasteiger charge is 2.33. The monoisotopic (exact) mass is 351 g/mol. The van der Waals surface area contributed by atoms with Crippen LogP contribution in [0.4, 0.5) is 4.79 Å². The third-order valence-electron chi connectivity index (χ3n) is 3.23. The molecule has 1 aromatic rings. The highest BCUT2D eigenvalue weighted by Crippen LogP contribution is 2.14. The lowest BCUT2D eigenvalue weighted by Crippen LogP contribution is -2.46. The first kappa shape index (κ1) is 20.5. The van der Waals surface area contributed by atoms with Gasteiger partial charge in [-0.05, 0) is 26.3 Å². The van der Waals surface area contributed by atoms with Crippen LogP contribution in [0.1, 0.15) is 32.8 Å². The lowest BCUT2D eigenvalue weighted by Gasteiger charge is -2.29. The van der Waals surface area contributed by atoms with E-state index < -0.39 is 29.7 Å². The van der Waals surface area contributed by atoms with Crippen LogP contribution in [-0.4, -0.2) is 48.7 Å². The standard InChI is InChI=1S/C18H25NO6/c1-18(2,3)25-17(22)19(4)14(11-15(20)23-5)16(21)24-12-13-9-7-6-8-10-13/h6-10,14H,11-12H2,1-5H3/t14-/m1/s1. The smallest absolute Gasteiger partial charge is 0.410 e. The van der Waals surface area contributed by atoms with Crippen LogP contribution in [0, 0.1) is 0 Å². The lowest BCUT2D eigenvalue weighted by molar-refractivity contribution is -0.155. The number of hydrogen-bond acceptors (Lipinski definition) is 6. The second-order valence-electron chi connectivity index (χ2n) is 6.48. The normalized spacial score (nSPS) is 12.0. The van der Waals surface area contributed by atoms with Crippen molar-refractivity contribution >= 4 is 18.0 Å². The Kier molecular flexibility index (Phi) is 7.42. The molecule has 7 heteroatoms. The van der Waals surface area contributed by atoms with Crippen LogP contribution in [0.15, 0.2) is 30.3 Å². The molecule has 0 N–H and O–H groups in total. The minimum Gasteiger partial charge on any atom is -0.469 e. The quantitative estimate of drug-likeness (QED) is 0.579. The molecule has 0 saturated heterocycles. The number of methoxy groups -OCH3 is 1. The van der Waals surface area contributed by atoms with Gasteiger partial charge < -0.3 is 14.2 Å². The zero-order valence-electron chi connectivity index (χ0n) is 15.3. The van der Waals surface area contributed by atoms with E-state index >= 15 is 0 Å². The van der Waals surface area contributed by atoms with E-state index in [-0.39, 0.29) is 13.0 Å². The summed E-state index contributed by atoms with van der Waals surface area (Å²) >= 11 is 0. The molecule has 0 spiro atoms. The minimum absolute atomic E-state index is 0.0412. The fourth-order valence-corrected chi connectivity index (χ4v) is 1.91. The zero-order valence-corrected chi connectivity index (χ0v) is 15.3. The van der Waals surface area contributed by atoms with E-state index in [9.17, 15) is 14.4 Å². The van der Waals surface area contributed by atoms with E-state index in [1.165, 1.54) is 14.2 Å². The molecule has 1 atom stereocenters. The molecule has 7 nitrogen and oxygen atoms in total. The number of benzene rings is 1. The average Bonchev–Trinajstić information content (AvgIpc) is 2.56. The van der Waals surface area contributed by atoms with E-state index in [0.717, 1.165) is 10.5 Å². The molecule has 0 heterocycles. The van der Waals surface area contributed by atoms with Crippen molar-refractivity contribution < 1.29 is 28.6 Å². The Balaban J connectivity index is 2.81. The van der Waals surface area contributed by atoms with Gasteiger partial charge in [0.1, 0.15) is 18.2 Å². The summed E-state index contributed by atoms with van der Waals surface area (Å²) in [6.07, 6.45) is -1.04. The molecule has 1 rings (SSSR count). The molecule has 0 bridgehead atoms. The van der Waals surface area contributed by atoms with Gasteiger partial charge in [-0.25, -0.2) is 9.59 Å². The predicted octanol–water partition coefficient (Wildman–Crippen LogP) is 2.53. The topological polar surface area (TPSA) is 82.1 Å². The number of carbonyl (C=O) groups excluding carboxylic acids is 3. The molecule has 0 aliphatic heterocycles. The zero-order chi connectivity index (χ0) is 19.0. The summed E-state index contributed by atoms with van der Waals surface area (Å²) in [5.41, 5.74) is 0.0716. The van der Waals surface area contributed by atoms with Crippen molar-refractivity contribution in [2.45, 2.75) is 45.4 Å². The van der Waals surface area contributed by atoms with Gasteiger partial charge in [0.25, 0.3) is 0 Å². The van der Waals surface area contributed by atoms with E-state index in [2.05, 4.69) is 4.74 Å². The Morgan fingerprint density at radius 1 is 1.12 bits per heavy atom. The predicted molar refractivity (Wildman–Crippen MR) is 90.7 cm³/mol. The van der Waals surface area contributed by atoms with E-state index in [1.807, 2.05) is 18.2 Å². The maximum Gasteiger partial charge on any atom is 0.410 e. The number of rotatable bonds is 6. The summed E-state index contributed by atoms with van der Waals surface area (Å²) in [4.78, 5) is 37.2.